The summed E-state index contributed by atoms with van der Waals surface area (Å²) in [6, 6.07) is 8.86. The Morgan fingerprint density at radius 2 is 2.00 bits per heavy atom. The predicted octanol–water partition coefficient (Wildman–Crippen LogP) is 4.51. The van der Waals surface area contributed by atoms with E-state index in [0.717, 1.165) is 17.7 Å². The molecule has 0 bridgehead atoms. The number of aryl methyl sites for hydroxylation is 2. The Balaban J connectivity index is 1.44. The van der Waals surface area contributed by atoms with Gasteiger partial charge >= 0.3 is 6.18 Å². The number of morpholine rings is 1. The molecule has 0 N–H and O–H groups in total. The van der Waals surface area contributed by atoms with Crippen molar-refractivity contribution in [3.8, 4) is 0 Å². The average Bonchev–Trinajstić information content (AvgIpc) is 3.11. The lowest BCUT2D eigenvalue weighted by Gasteiger charge is -2.32. The molecule has 1 aromatic carbocycles. The van der Waals surface area contributed by atoms with Crippen LogP contribution in [0.15, 0.2) is 47.0 Å². The van der Waals surface area contributed by atoms with E-state index in [-0.39, 0.29) is 11.7 Å². The van der Waals surface area contributed by atoms with E-state index in [0.29, 0.717) is 49.0 Å². The summed E-state index contributed by atoms with van der Waals surface area (Å²) < 4.78 is 50.0. The van der Waals surface area contributed by atoms with Gasteiger partial charge in [-0.3, -0.25) is 9.78 Å². The van der Waals surface area contributed by atoms with Gasteiger partial charge in [0, 0.05) is 19.7 Å². The van der Waals surface area contributed by atoms with Gasteiger partial charge in [-0.05, 0) is 36.6 Å². The number of aromatic nitrogens is 2. The van der Waals surface area contributed by atoms with Crippen LogP contribution in [-0.4, -0.2) is 40.5 Å². The fourth-order valence-corrected chi connectivity index (χ4v) is 3.71. The number of pyridine rings is 1. The molecule has 1 atom stereocenters. The maximum atomic E-state index is 12.9. The molecular weight excluding hydrogens is 423 g/mol. The average molecular weight is 445 g/mol. The fraction of sp³-hybridized carbons (Fsp3) is 0.348. The van der Waals surface area contributed by atoms with E-state index in [4.69, 9.17) is 9.15 Å². The number of rotatable bonds is 4. The molecule has 0 spiro atoms. The largest absolute Gasteiger partial charge is 0.436 e. The quantitative estimate of drug-likeness (QED) is 0.591. The maximum Gasteiger partial charge on any atom is 0.416 e. The van der Waals surface area contributed by atoms with E-state index < -0.39 is 17.8 Å². The van der Waals surface area contributed by atoms with E-state index in [1.807, 2.05) is 6.07 Å². The SMILES string of the molecule is Cc1nc(C)c(C(=O)N2CCO[C@@H](c3ccc(Cc4cccc(C(F)(F)F)c4)cn3)C2)o1. The summed E-state index contributed by atoms with van der Waals surface area (Å²) in [6.07, 6.45) is -2.82. The minimum Gasteiger partial charge on any atom is -0.436 e. The molecule has 1 amide bonds. The lowest BCUT2D eigenvalue weighted by Crippen LogP contribution is -2.42. The van der Waals surface area contributed by atoms with Crippen molar-refractivity contribution in [1.29, 1.82) is 0 Å². The summed E-state index contributed by atoms with van der Waals surface area (Å²) in [5.74, 6) is 0.429. The van der Waals surface area contributed by atoms with Gasteiger partial charge in [0.2, 0.25) is 5.76 Å². The first kappa shape index (κ1) is 22.0. The molecule has 2 aromatic heterocycles. The molecule has 1 saturated heterocycles. The molecule has 9 heteroatoms. The third-order valence-electron chi connectivity index (χ3n) is 5.29. The minimum atomic E-state index is -4.37. The third kappa shape index (κ3) is 4.83. The van der Waals surface area contributed by atoms with Gasteiger partial charge in [0.25, 0.3) is 5.91 Å². The summed E-state index contributed by atoms with van der Waals surface area (Å²) in [7, 11) is 0. The first-order valence-electron chi connectivity index (χ1n) is 10.2. The van der Waals surface area contributed by atoms with Crippen molar-refractivity contribution in [3.05, 3.63) is 82.3 Å². The predicted molar refractivity (Wildman–Crippen MR) is 109 cm³/mol. The van der Waals surface area contributed by atoms with E-state index in [2.05, 4.69) is 9.97 Å². The third-order valence-corrected chi connectivity index (χ3v) is 5.29. The Labute approximate surface area is 183 Å². The highest BCUT2D eigenvalue weighted by molar-refractivity contribution is 5.92. The van der Waals surface area contributed by atoms with Gasteiger partial charge in [-0.2, -0.15) is 13.2 Å². The molecule has 168 valence electrons. The van der Waals surface area contributed by atoms with Gasteiger partial charge in [0.05, 0.1) is 30.1 Å². The maximum absolute atomic E-state index is 12.9. The number of ether oxygens (including phenoxy) is 1. The number of oxazole rings is 1. The Morgan fingerprint density at radius 1 is 1.19 bits per heavy atom. The van der Waals surface area contributed by atoms with Gasteiger partial charge in [0.1, 0.15) is 6.10 Å². The van der Waals surface area contributed by atoms with Crippen LogP contribution in [0.25, 0.3) is 0 Å². The molecule has 6 nitrogen and oxygen atoms in total. The van der Waals surface area contributed by atoms with Crippen LogP contribution in [0.4, 0.5) is 13.2 Å². The van der Waals surface area contributed by atoms with E-state index in [1.54, 1.807) is 37.1 Å². The highest BCUT2D eigenvalue weighted by Gasteiger charge is 2.31. The van der Waals surface area contributed by atoms with Crippen LogP contribution in [0.1, 0.15) is 50.6 Å². The molecule has 3 heterocycles. The van der Waals surface area contributed by atoms with Crippen LogP contribution in [0.5, 0.6) is 0 Å². The summed E-state index contributed by atoms with van der Waals surface area (Å²) in [5, 5.41) is 0. The second-order valence-corrected chi connectivity index (χ2v) is 7.72. The topological polar surface area (TPSA) is 68.5 Å². The molecule has 1 aliphatic rings. The normalized spacial score (nSPS) is 16.9. The van der Waals surface area contributed by atoms with E-state index >= 15 is 0 Å². The van der Waals surface area contributed by atoms with Gasteiger partial charge in [0.15, 0.2) is 5.89 Å². The summed E-state index contributed by atoms with van der Waals surface area (Å²) in [5.41, 5.74) is 1.87. The minimum absolute atomic E-state index is 0.229. The zero-order chi connectivity index (χ0) is 22.9. The van der Waals surface area contributed by atoms with Gasteiger partial charge < -0.3 is 14.1 Å². The van der Waals surface area contributed by atoms with Crippen LogP contribution in [-0.2, 0) is 17.3 Å². The molecule has 4 rings (SSSR count). The molecule has 0 aliphatic carbocycles. The number of nitrogens with zero attached hydrogens (tertiary/aromatic N) is 3. The number of carbonyl (C=O) groups is 1. The van der Waals surface area contributed by atoms with E-state index in [9.17, 15) is 18.0 Å². The monoisotopic (exact) mass is 445 g/mol. The van der Waals surface area contributed by atoms with Gasteiger partial charge in [-0.1, -0.05) is 24.3 Å². The smallest absolute Gasteiger partial charge is 0.416 e. The van der Waals surface area contributed by atoms with Gasteiger partial charge in [-0.25, -0.2) is 4.98 Å². The van der Waals surface area contributed by atoms with Crippen molar-refractivity contribution in [2.75, 3.05) is 19.7 Å². The molecule has 0 radical (unpaired) electrons. The number of carbonyl (C=O) groups excluding carboxylic acids is 1. The molecular formula is C23H22F3N3O3. The zero-order valence-electron chi connectivity index (χ0n) is 17.6. The van der Waals surface area contributed by atoms with Crippen LogP contribution >= 0.6 is 0 Å². The Kier molecular flexibility index (Phi) is 6.01. The lowest BCUT2D eigenvalue weighted by molar-refractivity contribution is -0.137. The van der Waals surface area contributed by atoms with Gasteiger partial charge in [-0.15, -0.1) is 0 Å². The fourth-order valence-electron chi connectivity index (χ4n) is 3.71. The second kappa shape index (κ2) is 8.74. The summed E-state index contributed by atoms with van der Waals surface area (Å²) in [6.45, 7) is 4.53. The first-order chi connectivity index (χ1) is 15.2. The first-order valence-corrected chi connectivity index (χ1v) is 10.2. The van der Waals surface area contributed by atoms with Crippen LogP contribution in [0, 0.1) is 13.8 Å². The highest BCUT2D eigenvalue weighted by Crippen LogP contribution is 2.30. The summed E-state index contributed by atoms with van der Waals surface area (Å²) >= 11 is 0. The van der Waals surface area contributed by atoms with E-state index in [1.165, 1.54) is 6.07 Å². The number of amides is 1. The Hall–Kier alpha value is -3.20. The van der Waals surface area contributed by atoms with Crippen molar-refractivity contribution in [1.82, 2.24) is 14.9 Å². The van der Waals surface area contributed by atoms with Crippen molar-refractivity contribution >= 4 is 5.91 Å². The zero-order valence-corrected chi connectivity index (χ0v) is 17.6. The van der Waals surface area contributed by atoms with Crippen molar-refractivity contribution in [3.63, 3.8) is 0 Å². The number of alkyl halides is 3. The second-order valence-electron chi connectivity index (χ2n) is 7.72. The van der Waals surface area contributed by atoms with Crippen LogP contribution in [0.2, 0.25) is 0 Å². The standard InChI is InChI=1S/C23H22F3N3O3/c1-14-21(32-15(2)28-14)22(30)29-8-9-31-20(13-29)19-7-6-17(12-27-19)10-16-4-3-5-18(11-16)23(24,25)26/h3-7,11-12,20H,8-10,13H2,1-2H3/t20-/m1/s1. The highest BCUT2D eigenvalue weighted by atomic mass is 19.4. The molecule has 3 aromatic rings. The van der Waals surface area contributed by atoms with Crippen LogP contribution in [0.3, 0.4) is 0 Å². The number of hydrogen-bond donors (Lipinski definition) is 0. The van der Waals surface area contributed by atoms with Crippen molar-refractivity contribution < 1.29 is 27.1 Å². The number of halogens is 3. The van der Waals surface area contributed by atoms with Crippen molar-refractivity contribution in [2.24, 2.45) is 0 Å². The number of hydrogen-bond acceptors (Lipinski definition) is 5. The van der Waals surface area contributed by atoms with Crippen LogP contribution < -0.4 is 0 Å². The lowest BCUT2D eigenvalue weighted by atomic mass is 10.0. The molecule has 1 fully saturated rings. The molecule has 0 unspecified atom stereocenters. The Bertz CT molecular complexity index is 1110. The Morgan fingerprint density at radius 3 is 2.66 bits per heavy atom. The summed E-state index contributed by atoms with van der Waals surface area (Å²) in [4.78, 5) is 23.0. The molecule has 32 heavy (non-hydrogen) atoms. The molecule has 1 aliphatic heterocycles. The van der Waals surface area contributed by atoms with Crippen molar-refractivity contribution in [2.45, 2.75) is 32.5 Å². The molecule has 0 saturated carbocycles. The number of benzene rings is 1.